The predicted octanol–water partition coefficient (Wildman–Crippen LogP) is 3.06. The van der Waals surface area contributed by atoms with Crippen molar-refractivity contribution in [3.63, 3.8) is 0 Å². The van der Waals surface area contributed by atoms with Gasteiger partial charge in [-0.1, -0.05) is 17.7 Å². The second-order valence-electron chi connectivity index (χ2n) is 6.12. The molecule has 0 unspecified atom stereocenters. The summed E-state index contributed by atoms with van der Waals surface area (Å²) in [7, 11) is 0. The molecule has 2 amide bonds. The quantitative estimate of drug-likeness (QED) is 0.563. The lowest BCUT2D eigenvalue weighted by molar-refractivity contribution is -0.150. The predicted molar refractivity (Wildman–Crippen MR) is 106 cm³/mol. The smallest absolute Gasteiger partial charge is 0.317 e. The van der Waals surface area contributed by atoms with Crippen molar-refractivity contribution in [3.8, 4) is 0 Å². The van der Waals surface area contributed by atoms with Crippen molar-refractivity contribution in [2.45, 2.75) is 31.8 Å². The van der Waals surface area contributed by atoms with E-state index in [-0.39, 0.29) is 5.75 Å². The molecule has 0 aliphatic rings. The number of benzene rings is 2. The maximum absolute atomic E-state index is 12.1. The third-order valence-corrected chi connectivity index (χ3v) is 4.94. The number of nitrogens with two attached hydrogens (primary N) is 1. The number of rotatable bonds is 7. The summed E-state index contributed by atoms with van der Waals surface area (Å²) in [5.41, 5.74) is 8.25. The highest BCUT2D eigenvalue weighted by molar-refractivity contribution is 8.00. The number of esters is 1. The summed E-state index contributed by atoms with van der Waals surface area (Å²) in [6, 6.07) is 12.1. The molecule has 0 fully saturated rings. The van der Waals surface area contributed by atoms with Crippen LogP contribution >= 0.6 is 11.8 Å². The molecule has 7 heteroatoms. The third-order valence-electron chi connectivity index (χ3n) is 3.79. The molecule has 142 valence electrons. The zero-order valence-electron chi connectivity index (χ0n) is 15.4. The number of primary amides is 1. The zero-order valence-corrected chi connectivity index (χ0v) is 16.3. The van der Waals surface area contributed by atoms with E-state index in [1.165, 1.54) is 30.8 Å². The van der Waals surface area contributed by atoms with E-state index >= 15 is 0 Å². The summed E-state index contributed by atoms with van der Waals surface area (Å²) < 4.78 is 5.19. The van der Waals surface area contributed by atoms with Crippen molar-refractivity contribution >= 4 is 35.2 Å². The number of anilines is 1. The van der Waals surface area contributed by atoms with Crippen molar-refractivity contribution in [1.82, 2.24) is 0 Å². The van der Waals surface area contributed by atoms with Crippen LogP contribution in [0.25, 0.3) is 0 Å². The first-order valence-corrected chi connectivity index (χ1v) is 9.35. The maximum atomic E-state index is 12.1. The Balaban J connectivity index is 1.84. The summed E-state index contributed by atoms with van der Waals surface area (Å²) in [6.07, 6.45) is -0.937. The van der Waals surface area contributed by atoms with E-state index in [2.05, 4.69) is 5.32 Å². The van der Waals surface area contributed by atoms with Crippen molar-refractivity contribution in [2.75, 3.05) is 11.1 Å². The molecule has 0 aliphatic heterocycles. The molecule has 0 saturated carbocycles. The zero-order chi connectivity index (χ0) is 20.0. The molecule has 0 aromatic heterocycles. The summed E-state index contributed by atoms with van der Waals surface area (Å²) in [6.45, 7) is 5.50. The Kier molecular flexibility index (Phi) is 7.01. The van der Waals surface area contributed by atoms with Crippen LogP contribution < -0.4 is 11.1 Å². The van der Waals surface area contributed by atoms with E-state index in [1.807, 2.05) is 32.0 Å². The van der Waals surface area contributed by atoms with E-state index in [9.17, 15) is 14.4 Å². The van der Waals surface area contributed by atoms with Gasteiger partial charge in [-0.15, -0.1) is 11.8 Å². The van der Waals surface area contributed by atoms with Crippen LogP contribution in [0.2, 0.25) is 0 Å². The van der Waals surface area contributed by atoms with Gasteiger partial charge in [0.1, 0.15) is 0 Å². The van der Waals surface area contributed by atoms with E-state index in [0.29, 0.717) is 11.3 Å². The van der Waals surface area contributed by atoms with Gasteiger partial charge < -0.3 is 15.8 Å². The van der Waals surface area contributed by atoms with Gasteiger partial charge in [0.2, 0.25) is 5.91 Å². The molecule has 2 aromatic carbocycles. The Morgan fingerprint density at radius 2 is 1.78 bits per heavy atom. The molecule has 0 heterocycles. The van der Waals surface area contributed by atoms with Gasteiger partial charge in [0.15, 0.2) is 6.10 Å². The second kappa shape index (κ2) is 9.23. The number of ether oxygens (including phenoxy) is 1. The van der Waals surface area contributed by atoms with Gasteiger partial charge in [-0.3, -0.25) is 14.4 Å². The number of hydrogen-bond donors (Lipinski definition) is 2. The number of aryl methyl sites for hydroxylation is 2. The highest BCUT2D eigenvalue weighted by Gasteiger charge is 2.18. The normalized spacial score (nSPS) is 11.5. The van der Waals surface area contributed by atoms with Gasteiger partial charge in [0.05, 0.1) is 5.75 Å². The molecule has 2 rings (SSSR count). The second-order valence-corrected chi connectivity index (χ2v) is 7.14. The molecular weight excluding hydrogens is 364 g/mol. The first kappa shape index (κ1) is 20.5. The molecule has 3 N–H and O–H groups in total. The minimum atomic E-state index is -0.937. The Morgan fingerprint density at radius 1 is 1.11 bits per heavy atom. The third kappa shape index (κ3) is 6.14. The van der Waals surface area contributed by atoms with Gasteiger partial charge in [-0.25, -0.2) is 0 Å². The average Bonchev–Trinajstić information content (AvgIpc) is 2.61. The minimum absolute atomic E-state index is 0.120. The van der Waals surface area contributed by atoms with Gasteiger partial charge >= 0.3 is 5.97 Å². The molecule has 6 nitrogen and oxygen atoms in total. The first-order valence-electron chi connectivity index (χ1n) is 8.36. The van der Waals surface area contributed by atoms with Crippen LogP contribution in [0.15, 0.2) is 47.4 Å². The number of amides is 2. The van der Waals surface area contributed by atoms with Gasteiger partial charge in [0, 0.05) is 16.1 Å². The summed E-state index contributed by atoms with van der Waals surface area (Å²) >= 11 is 1.38. The number of hydrogen-bond acceptors (Lipinski definition) is 5. The fourth-order valence-corrected chi connectivity index (χ4v) is 3.14. The van der Waals surface area contributed by atoms with Crippen molar-refractivity contribution in [3.05, 3.63) is 59.2 Å². The number of carbonyl (C=O) groups is 3. The van der Waals surface area contributed by atoms with Crippen LogP contribution in [-0.4, -0.2) is 29.6 Å². The Labute approximate surface area is 162 Å². The number of carbonyl (C=O) groups excluding carboxylic acids is 3. The van der Waals surface area contributed by atoms with Crippen LogP contribution in [0.3, 0.4) is 0 Å². The highest BCUT2D eigenvalue weighted by Crippen LogP contribution is 2.23. The first-order chi connectivity index (χ1) is 12.8. The van der Waals surface area contributed by atoms with Crippen LogP contribution in [0.4, 0.5) is 5.69 Å². The number of nitrogens with one attached hydrogen (secondary N) is 1. The summed E-state index contributed by atoms with van der Waals surface area (Å²) in [5.74, 6) is -1.34. The maximum Gasteiger partial charge on any atom is 0.317 e. The SMILES string of the molecule is Cc1ccc(SCC(=O)O[C@H](C)C(=O)Nc2ccc(C(N)=O)cc2)c(C)c1. The topological polar surface area (TPSA) is 98.5 Å². The average molecular weight is 386 g/mol. The molecular formula is C20H22N2O4S. The van der Waals surface area contributed by atoms with Crippen LogP contribution in [-0.2, 0) is 14.3 Å². The molecule has 2 aromatic rings. The highest BCUT2D eigenvalue weighted by atomic mass is 32.2. The van der Waals surface area contributed by atoms with E-state index in [0.717, 1.165) is 16.0 Å². The molecule has 0 saturated heterocycles. The lowest BCUT2D eigenvalue weighted by Crippen LogP contribution is -2.30. The van der Waals surface area contributed by atoms with Crippen LogP contribution in [0.1, 0.15) is 28.4 Å². The van der Waals surface area contributed by atoms with Gasteiger partial charge in [-0.2, -0.15) is 0 Å². The largest absolute Gasteiger partial charge is 0.452 e. The summed E-state index contributed by atoms with van der Waals surface area (Å²) in [5, 5.41) is 2.63. The minimum Gasteiger partial charge on any atom is -0.452 e. The molecule has 0 spiro atoms. The van der Waals surface area contributed by atoms with Crippen molar-refractivity contribution in [1.29, 1.82) is 0 Å². The Bertz CT molecular complexity index is 850. The summed E-state index contributed by atoms with van der Waals surface area (Å²) in [4.78, 5) is 36.2. The molecule has 0 radical (unpaired) electrons. The molecule has 0 bridgehead atoms. The Hall–Kier alpha value is -2.80. The van der Waals surface area contributed by atoms with Crippen molar-refractivity contribution in [2.24, 2.45) is 5.73 Å². The molecule has 27 heavy (non-hydrogen) atoms. The van der Waals surface area contributed by atoms with E-state index in [1.54, 1.807) is 12.1 Å². The molecule has 0 aliphatic carbocycles. The van der Waals surface area contributed by atoms with Crippen molar-refractivity contribution < 1.29 is 19.1 Å². The van der Waals surface area contributed by atoms with E-state index < -0.39 is 23.9 Å². The Morgan fingerprint density at radius 3 is 2.37 bits per heavy atom. The van der Waals surface area contributed by atoms with Gasteiger partial charge in [0.25, 0.3) is 5.91 Å². The van der Waals surface area contributed by atoms with Gasteiger partial charge in [-0.05, 0) is 56.7 Å². The lowest BCUT2D eigenvalue weighted by Gasteiger charge is -2.14. The van der Waals surface area contributed by atoms with E-state index in [4.69, 9.17) is 10.5 Å². The lowest BCUT2D eigenvalue weighted by atomic mass is 10.2. The monoisotopic (exact) mass is 386 g/mol. The number of thioether (sulfide) groups is 1. The molecule has 1 atom stereocenters. The fourth-order valence-electron chi connectivity index (χ4n) is 2.34. The fraction of sp³-hybridized carbons (Fsp3) is 0.250. The van der Waals surface area contributed by atoms with Crippen LogP contribution in [0.5, 0.6) is 0 Å². The van der Waals surface area contributed by atoms with Crippen LogP contribution in [0, 0.1) is 13.8 Å². The standard InChI is InChI=1S/C20H22N2O4S/c1-12-4-9-17(13(2)10-12)27-11-18(23)26-14(3)20(25)22-16-7-5-15(6-8-16)19(21)24/h4-10,14H,11H2,1-3H3,(H2,21,24)(H,22,25)/t14-/m1/s1.